The number of nitrogens with one attached hydrogen (secondary N) is 1. The molecule has 6 nitrogen and oxygen atoms in total. The third kappa shape index (κ3) is 3.95. The fourth-order valence-electron chi connectivity index (χ4n) is 5.27. The van der Waals surface area contributed by atoms with Crippen LogP contribution in [0.25, 0.3) is 11.1 Å². The summed E-state index contributed by atoms with van der Waals surface area (Å²) in [5.74, 6) is 0.483. The number of amides is 2. The largest absolute Gasteiger partial charge is 0.460 e. The van der Waals surface area contributed by atoms with Gasteiger partial charge in [-0.3, -0.25) is 9.59 Å². The van der Waals surface area contributed by atoms with Crippen LogP contribution in [0.1, 0.15) is 67.3 Å². The van der Waals surface area contributed by atoms with Gasteiger partial charge >= 0.3 is 0 Å². The molecule has 0 radical (unpaired) electrons. The maximum Gasteiger partial charge on any atom is 0.271 e. The zero-order valence-corrected chi connectivity index (χ0v) is 20.0. The predicted molar refractivity (Wildman–Crippen MR) is 128 cm³/mol. The number of carbonyl (C=O) groups excluding carboxylic acids is 2. The predicted octanol–water partition coefficient (Wildman–Crippen LogP) is 5.45. The van der Waals surface area contributed by atoms with E-state index in [-0.39, 0.29) is 24.4 Å². The Kier molecular flexibility index (Phi) is 5.73. The highest BCUT2D eigenvalue weighted by Gasteiger charge is 2.48. The second-order valence-electron chi connectivity index (χ2n) is 9.64. The van der Waals surface area contributed by atoms with Crippen molar-refractivity contribution >= 4 is 34.5 Å². The van der Waals surface area contributed by atoms with Crippen molar-refractivity contribution in [1.29, 1.82) is 0 Å². The molecule has 0 saturated heterocycles. The van der Waals surface area contributed by atoms with E-state index in [1.807, 2.05) is 48.7 Å². The number of benzene rings is 1. The van der Waals surface area contributed by atoms with E-state index in [4.69, 9.17) is 16.0 Å². The fourth-order valence-corrected chi connectivity index (χ4v) is 5.47. The van der Waals surface area contributed by atoms with E-state index < -0.39 is 5.54 Å². The Morgan fingerprint density at radius 2 is 1.91 bits per heavy atom. The number of nitrogens with zero attached hydrogens (tertiary/aromatic N) is 2. The summed E-state index contributed by atoms with van der Waals surface area (Å²) in [4.78, 5) is 29.3. The third-order valence-corrected chi connectivity index (χ3v) is 7.57. The highest BCUT2D eigenvalue weighted by atomic mass is 35.5. The van der Waals surface area contributed by atoms with E-state index in [1.165, 1.54) is 12.8 Å². The Bertz CT molecular complexity index is 1200. The Hall–Kier alpha value is -2.73. The molecule has 3 heterocycles. The first-order valence-corrected chi connectivity index (χ1v) is 12.2. The van der Waals surface area contributed by atoms with E-state index in [0.29, 0.717) is 22.8 Å². The van der Waals surface area contributed by atoms with Crippen molar-refractivity contribution < 1.29 is 14.0 Å². The zero-order chi connectivity index (χ0) is 23.2. The van der Waals surface area contributed by atoms with Crippen molar-refractivity contribution in [2.75, 3.05) is 0 Å². The molecule has 1 fully saturated rings. The van der Waals surface area contributed by atoms with Crippen molar-refractivity contribution in [3.8, 4) is 0 Å². The SMILES string of the molecule is Cc1cc2c(cc3n2CC(C)(C(=O)NC2CCCCCC2)N(Cc2ccccc2Cl)C3=O)o1. The molecule has 1 saturated carbocycles. The van der Waals surface area contributed by atoms with Crippen LogP contribution in [-0.2, 0) is 17.9 Å². The maximum atomic E-state index is 13.8. The van der Waals surface area contributed by atoms with Crippen LogP contribution in [0.15, 0.2) is 40.8 Å². The van der Waals surface area contributed by atoms with Gasteiger partial charge in [0, 0.05) is 29.7 Å². The number of aryl methyl sites for hydroxylation is 1. The molecule has 2 aromatic heterocycles. The minimum absolute atomic E-state index is 0.109. The standard InChI is InChI=1S/C26H30ClN3O3/c1-17-13-21-23(33-17)14-22-24(31)30(15-18-9-7-8-12-20(18)27)26(2,16-29(21)22)25(32)28-19-10-5-3-4-6-11-19/h7-9,12-14,19H,3-6,10-11,15-16H2,1-2H3,(H,28,32). The molecular weight excluding hydrogens is 438 g/mol. The smallest absolute Gasteiger partial charge is 0.271 e. The summed E-state index contributed by atoms with van der Waals surface area (Å²) in [6.07, 6.45) is 6.65. The molecule has 1 aliphatic carbocycles. The van der Waals surface area contributed by atoms with Gasteiger partial charge in [0.05, 0.1) is 12.1 Å². The normalized spacial score (nSPS) is 21.8. The van der Waals surface area contributed by atoms with E-state index in [9.17, 15) is 9.59 Å². The van der Waals surface area contributed by atoms with Gasteiger partial charge in [0.1, 0.15) is 17.0 Å². The Morgan fingerprint density at radius 1 is 1.18 bits per heavy atom. The lowest BCUT2D eigenvalue weighted by Gasteiger charge is -2.44. The topological polar surface area (TPSA) is 67.5 Å². The number of rotatable bonds is 4. The third-order valence-electron chi connectivity index (χ3n) is 7.20. The van der Waals surface area contributed by atoms with E-state index >= 15 is 0 Å². The minimum atomic E-state index is -1.06. The highest BCUT2D eigenvalue weighted by Crippen LogP contribution is 2.35. The number of hydrogen-bond donors (Lipinski definition) is 1. The molecule has 3 aromatic rings. The molecule has 0 bridgehead atoms. The Labute approximate surface area is 198 Å². The molecule has 7 heteroatoms. The van der Waals surface area contributed by atoms with Crippen molar-refractivity contribution in [1.82, 2.24) is 14.8 Å². The van der Waals surface area contributed by atoms with Crippen LogP contribution in [0.5, 0.6) is 0 Å². The van der Waals surface area contributed by atoms with Crippen molar-refractivity contribution in [3.05, 3.63) is 58.4 Å². The van der Waals surface area contributed by atoms with E-state index in [2.05, 4.69) is 5.32 Å². The van der Waals surface area contributed by atoms with Crippen LogP contribution in [0.4, 0.5) is 0 Å². The van der Waals surface area contributed by atoms with E-state index in [1.54, 1.807) is 11.0 Å². The zero-order valence-electron chi connectivity index (χ0n) is 19.2. The molecule has 0 spiro atoms. The molecule has 2 aliphatic rings. The quantitative estimate of drug-likeness (QED) is 0.519. The fraction of sp³-hybridized carbons (Fsp3) is 0.462. The summed E-state index contributed by atoms with van der Waals surface area (Å²) < 4.78 is 7.73. The summed E-state index contributed by atoms with van der Waals surface area (Å²) in [6.45, 7) is 4.38. The first kappa shape index (κ1) is 22.1. The number of fused-ring (bicyclic) bond motifs is 3. The first-order valence-electron chi connectivity index (χ1n) is 11.8. The average molecular weight is 468 g/mol. The summed E-state index contributed by atoms with van der Waals surface area (Å²) in [5, 5.41) is 3.88. The van der Waals surface area contributed by atoms with Gasteiger partial charge < -0.3 is 19.2 Å². The molecule has 33 heavy (non-hydrogen) atoms. The number of aromatic nitrogens is 1. The molecule has 174 valence electrons. The lowest BCUT2D eigenvalue weighted by Crippen LogP contribution is -2.64. The molecule has 1 unspecified atom stereocenters. The highest BCUT2D eigenvalue weighted by molar-refractivity contribution is 6.31. The van der Waals surface area contributed by atoms with Crippen molar-refractivity contribution in [2.24, 2.45) is 0 Å². The average Bonchev–Trinajstić information content (AvgIpc) is 3.17. The molecule has 1 aliphatic heterocycles. The van der Waals surface area contributed by atoms with Gasteiger partial charge in [0.2, 0.25) is 5.91 Å². The van der Waals surface area contributed by atoms with Gasteiger partial charge in [-0.1, -0.05) is 55.5 Å². The Balaban J connectivity index is 1.54. The Morgan fingerprint density at radius 3 is 2.64 bits per heavy atom. The number of carbonyl (C=O) groups is 2. The van der Waals surface area contributed by atoms with Crippen LogP contribution in [0, 0.1) is 6.92 Å². The summed E-state index contributed by atoms with van der Waals surface area (Å²) >= 11 is 6.44. The van der Waals surface area contributed by atoms with Crippen LogP contribution in [-0.4, -0.2) is 32.9 Å². The van der Waals surface area contributed by atoms with Crippen LogP contribution in [0.2, 0.25) is 5.02 Å². The number of furan rings is 1. The van der Waals surface area contributed by atoms with E-state index in [0.717, 1.165) is 42.5 Å². The second-order valence-corrected chi connectivity index (χ2v) is 10.0. The molecule has 5 rings (SSSR count). The van der Waals surface area contributed by atoms with Gasteiger partial charge in [-0.05, 0) is 38.3 Å². The molecule has 1 aromatic carbocycles. The molecule has 1 N–H and O–H groups in total. The van der Waals surface area contributed by atoms with Gasteiger partial charge in [0.15, 0.2) is 5.58 Å². The van der Waals surface area contributed by atoms with Crippen molar-refractivity contribution in [3.63, 3.8) is 0 Å². The number of halogens is 1. The summed E-state index contributed by atoms with van der Waals surface area (Å²) in [5.41, 5.74) is 1.81. The monoisotopic (exact) mass is 467 g/mol. The maximum absolute atomic E-state index is 13.8. The van der Waals surface area contributed by atoms with Gasteiger partial charge in [-0.2, -0.15) is 0 Å². The van der Waals surface area contributed by atoms with Crippen LogP contribution in [0.3, 0.4) is 0 Å². The van der Waals surface area contributed by atoms with Crippen molar-refractivity contribution in [2.45, 2.75) is 77.0 Å². The molecular formula is C26H30ClN3O3. The number of hydrogen-bond acceptors (Lipinski definition) is 3. The minimum Gasteiger partial charge on any atom is -0.460 e. The molecule has 1 atom stereocenters. The van der Waals surface area contributed by atoms with Crippen LogP contribution < -0.4 is 5.32 Å². The lowest BCUT2D eigenvalue weighted by molar-refractivity contribution is -0.134. The lowest BCUT2D eigenvalue weighted by atomic mass is 9.93. The van der Waals surface area contributed by atoms with Gasteiger partial charge in [-0.25, -0.2) is 0 Å². The van der Waals surface area contributed by atoms with Gasteiger partial charge in [-0.15, -0.1) is 0 Å². The summed E-state index contributed by atoms with van der Waals surface area (Å²) in [6, 6.07) is 11.3. The van der Waals surface area contributed by atoms with Crippen LogP contribution >= 0.6 is 11.6 Å². The van der Waals surface area contributed by atoms with Gasteiger partial charge in [0.25, 0.3) is 5.91 Å². The molecule has 2 amide bonds. The summed E-state index contributed by atoms with van der Waals surface area (Å²) in [7, 11) is 0. The first-order chi connectivity index (χ1) is 15.9. The second kappa shape index (κ2) is 8.56.